The zero-order chi connectivity index (χ0) is 11.5. The molecule has 1 amide bonds. The molecule has 0 fully saturated rings. The third-order valence-electron chi connectivity index (χ3n) is 1.80. The number of nitrogens with one attached hydrogen (secondary N) is 1. The lowest BCUT2D eigenvalue weighted by atomic mass is 10.4. The molecule has 0 aliphatic rings. The summed E-state index contributed by atoms with van der Waals surface area (Å²) in [5.74, 6) is -0.372. The van der Waals surface area contributed by atoms with Gasteiger partial charge in [-0.15, -0.1) is 0 Å². The normalized spacial score (nSPS) is 10.1. The third kappa shape index (κ3) is 2.34. The van der Waals surface area contributed by atoms with Crippen molar-refractivity contribution in [3.63, 3.8) is 0 Å². The zero-order valence-corrected chi connectivity index (χ0v) is 9.14. The highest BCUT2D eigenvalue weighted by Gasteiger charge is 2.09. The predicted octanol–water partition coefficient (Wildman–Crippen LogP) is 1.12. The molecule has 0 atom stereocenters. The van der Waals surface area contributed by atoms with Crippen LogP contribution < -0.4 is 5.32 Å². The summed E-state index contributed by atoms with van der Waals surface area (Å²) in [4.78, 5) is 19.3. The maximum atomic E-state index is 11.7. The molecule has 0 saturated heterocycles. The van der Waals surface area contributed by atoms with Gasteiger partial charge in [-0.1, -0.05) is 11.6 Å². The lowest BCUT2D eigenvalue weighted by Crippen LogP contribution is -2.13. The van der Waals surface area contributed by atoms with E-state index in [4.69, 9.17) is 11.6 Å². The average Bonchev–Trinajstić information content (AvgIpc) is 2.64. The van der Waals surface area contributed by atoms with E-state index in [0.717, 1.165) is 0 Å². The molecule has 2 aromatic rings. The Hall–Kier alpha value is -1.95. The van der Waals surface area contributed by atoms with Crippen LogP contribution in [0.5, 0.6) is 0 Å². The van der Waals surface area contributed by atoms with Crippen LogP contribution >= 0.6 is 11.6 Å². The predicted molar refractivity (Wildman–Crippen MR) is 58.2 cm³/mol. The smallest absolute Gasteiger partial charge is 0.276 e. The minimum Gasteiger partial charge on any atom is -0.318 e. The van der Waals surface area contributed by atoms with Crippen LogP contribution in [-0.4, -0.2) is 25.7 Å². The van der Waals surface area contributed by atoms with Crippen molar-refractivity contribution in [3.05, 3.63) is 35.6 Å². The standard InChI is InChI=1S/C9H8ClN5O/c1-15-5-6(2-12-15)13-9(16)7-3-11-4-8(10)14-7/h2-5H,1H3,(H,13,16). The molecular weight excluding hydrogens is 230 g/mol. The second kappa shape index (κ2) is 4.28. The Morgan fingerprint density at radius 3 is 2.88 bits per heavy atom. The second-order valence-electron chi connectivity index (χ2n) is 3.08. The molecule has 2 heterocycles. The van der Waals surface area contributed by atoms with E-state index >= 15 is 0 Å². The number of amides is 1. The number of rotatable bonds is 2. The van der Waals surface area contributed by atoms with Crippen molar-refractivity contribution in [3.8, 4) is 0 Å². The Kier molecular flexibility index (Phi) is 2.82. The molecule has 0 spiro atoms. The van der Waals surface area contributed by atoms with Crippen molar-refractivity contribution < 1.29 is 4.79 Å². The van der Waals surface area contributed by atoms with Crippen molar-refractivity contribution in [1.82, 2.24) is 19.7 Å². The van der Waals surface area contributed by atoms with Crippen LogP contribution in [0.3, 0.4) is 0 Å². The van der Waals surface area contributed by atoms with Crippen LogP contribution in [0.1, 0.15) is 10.5 Å². The summed E-state index contributed by atoms with van der Waals surface area (Å²) in [5, 5.41) is 6.72. The molecule has 82 valence electrons. The number of hydrogen-bond donors (Lipinski definition) is 1. The Morgan fingerprint density at radius 2 is 2.25 bits per heavy atom. The van der Waals surface area contributed by atoms with Crippen LogP contribution in [0.2, 0.25) is 5.15 Å². The van der Waals surface area contributed by atoms with E-state index < -0.39 is 0 Å². The fraction of sp³-hybridized carbons (Fsp3) is 0.111. The van der Waals surface area contributed by atoms with Crippen molar-refractivity contribution in [2.24, 2.45) is 7.05 Å². The van der Waals surface area contributed by atoms with Crippen LogP contribution in [-0.2, 0) is 7.05 Å². The van der Waals surface area contributed by atoms with Crippen molar-refractivity contribution in [1.29, 1.82) is 0 Å². The van der Waals surface area contributed by atoms with Crippen LogP contribution in [0.25, 0.3) is 0 Å². The number of hydrogen-bond acceptors (Lipinski definition) is 4. The average molecular weight is 238 g/mol. The van der Waals surface area contributed by atoms with Crippen molar-refractivity contribution in [2.75, 3.05) is 5.32 Å². The molecule has 0 bridgehead atoms. The number of halogens is 1. The van der Waals surface area contributed by atoms with E-state index in [2.05, 4.69) is 20.4 Å². The van der Waals surface area contributed by atoms with E-state index in [1.54, 1.807) is 17.9 Å². The molecule has 0 saturated carbocycles. The highest BCUT2D eigenvalue weighted by Crippen LogP contribution is 2.07. The Labute approximate surface area is 96.3 Å². The summed E-state index contributed by atoms with van der Waals surface area (Å²) in [5.41, 5.74) is 0.755. The van der Waals surface area contributed by atoms with E-state index in [1.807, 2.05) is 0 Å². The molecule has 0 radical (unpaired) electrons. The molecule has 2 aromatic heterocycles. The number of anilines is 1. The van der Waals surface area contributed by atoms with Gasteiger partial charge in [0.15, 0.2) is 0 Å². The topological polar surface area (TPSA) is 72.7 Å². The minimum atomic E-state index is -0.372. The van der Waals surface area contributed by atoms with Crippen molar-refractivity contribution in [2.45, 2.75) is 0 Å². The quantitative estimate of drug-likeness (QED) is 0.849. The number of aromatic nitrogens is 4. The summed E-state index contributed by atoms with van der Waals surface area (Å²) in [6.45, 7) is 0. The Morgan fingerprint density at radius 1 is 1.44 bits per heavy atom. The van der Waals surface area contributed by atoms with E-state index in [-0.39, 0.29) is 16.8 Å². The van der Waals surface area contributed by atoms with Gasteiger partial charge in [0.05, 0.1) is 24.3 Å². The molecule has 0 aliphatic heterocycles. The van der Waals surface area contributed by atoms with Gasteiger partial charge in [0.25, 0.3) is 5.91 Å². The Balaban J connectivity index is 2.14. The summed E-state index contributed by atoms with van der Waals surface area (Å²) < 4.78 is 1.58. The SMILES string of the molecule is Cn1cc(NC(=O)c2cncc(Cl)n2)cn1. The van der Waals surface area contributed by atoms with Gasteiger partial charge >= 0.3 is 0 Å². The third-order valence-corrected chi connectivity index (χ3v) is 1.98. The van der Waals surface area contributed by atoms with Crippen LogP contribution in [0, 0.1) is 0 Å². The molecule has 1 N–H and O–H groups in total. The van der Waals surface area contributed by atoms with E-state index in [0.29, 0.717) is 5.69 Å². The number of carbonyl (C=O) groups is 1. The van der Waals surface area contributed by atoms with Gasteiger partial charge in [-0.2, -0.15) is 5.10 Å². The first-order chi connectivity index (χ1) is 7.65. The molecule has 0 aliphatic carbocycles. The first-order valence-corrected chi connectivity index (χ1v) is 4.80. The van der Waals surface area contributed by atoms with Gasteiger partial charge in [-0.3, -0.25) is 14.5 Å². The molecule has 2 rings (SSSR count). The largest absolute Gasteiger partial charge is 0.318 e. The van der Waals surface area contributed by atoms with Crippen molar-refractivity contribution >= 4 is 23.2 Å². The monoisotopic (exact) mass is 237 g/mol. The summed E-state index contributed by atoms with van der Waals surface area (Å²) >= 11 is 5.63. The minimum absolute atomic E-state index is 0.163. The summed E-state index contributed by atoms with van der Waals surface area (Å²) in [6, 6.07) is 0. The van der Waals surface area contributed by atoms with Gasteiger partial charge in [0.1, 0.15) is 10.8 Å². The Bertz CT molecular complexity index is 524. The first-order valence-electron chi connectivity index (χ1n) is 4.43. The molecule has 7 heteroatoms. The fourth-order valence-corrected chi connectivity index (χ4v) is 1.28. The lowest BCUT2D eigenvalue weighted by molar-refractivity contribution is 0.102. The fourth-order valence-electron chi connectivity index (χ4n) is 1.13. The van der Waals surface area contributed by atoms with Crippen LogP contribution in [0.4, 0.5) is 5.69 Å². The summed E-state index contributed by atoms with van der Waals surface area (Å²) in [6.07, 6.45) is 5.92. The summed E-state index contributed by atoms with van der Waals surface area (Å²) in [7, 11) is 1.76. The maximum absolute atomic E-state index is 11.7. The molecule has 6 nitrogen and oxygen atoms in total. The first kappa shape index (κ1) is 10.6. The number of carbonyl (C=O) groups excluding carboxylic acids is 1. The molecule has 0 aromatic carbocycles. The lowest BCUT2D eigenvalue weighted by Gasteiger charge is -2.00. The van der Waals surface area contributed by atoms with Crippen LogP contribution in [0.15, 0.2) is 24.8 Å². The highest BCUT2D eigenvalue weighted by molar-refractivity contribution is 6.29. The number of nitrogens with zero attached hydrogens (tertiary/aromatic N) is 4. The van der Waals surface area contributed by atoms with Gasteiger partial charge < -0.3 is 5.32 Å². The van der Waals surface area contributed by atoms with E-state index in [9.17, 15) is 4.79 Å². The molecule has 0 unspecified atom stereocenters. The molecule has 16 heavy (non-hydrogen) atoms. The number of aryl methyl sites for hydroxylation is 1. The molecular formula is C9H8ClN5O. The van der Waals surface area contributed by atoms with Gasteiger partial charge in [-0.05, 0) is 0 Å². The van der Waals surface area contributed by atoms with Gasteiger partial charge in [0, 0.05) is 13.2 Å². The highest BCUT2D eigenvalue weighted by atomic mass is 35.5. The zero-order valence-electron chi connectivity index (χ0n) is 8.38. The van der Waals surface area contributed by atoms with Gasteiger partial charge in [-0.25, -0.2) is 4.98 Å². The van der Waals surface area contributed by atoms with Gasteiger partial charge in [0.2, 0.25) is 0 Å². The second-order valence-corrected chi connectivity index (χ2v) is 3.47. The van der Waals surface area contributed by atoms with E-state index in [1.165, 1.54) is 18.6 Å². The maximum Gasteiger partial charge on any atom is 0.276 e.